The second-order valence-corrected chi connectivity index (χ2v) is 22.5. The predicted octanol–water partition coefficient (Wildman–Crippen LogP) is 17.0. The van der Waals surface area contributed by atoms with Crippen LogP contribution >= 0.6 is 0 Å². The van der Waals surface area contributed by atoms with Crippen molar-refractivity contribution in [3.05, 3.63) is 177 Å². The summed E-state index contributed by atoms with van der Waals surface area (Å²) < 4.78 is 78.8. The SMILES string of the molecule is CCC(C)c1ccc(OCCOc2c(COC)cc(COC)cc2COC)cc1.CCC(C)c1ccc(OCCOc2ccc(COC)cc2)cc1.CCCCCCc1cc(COCCOC)c(OCCOc2ccc(C(C)CC)cc2)c(COCCOC)c1. The molecule has 3 atom stereocenters. The number of hydrogen-bond donors (Lipinski definition) is 0. The van der Waals surface area contributed by atoms with E-state index in [1.54, 1.807) is 42.7 Å². The summed E-state index contributed by atoms with van der Waals surface area (Å²) in [6.07, 6.45) is 9.35. The Morgan fingerprint density at radius 1 is 0.289 bits per heavy atom. The van der Waals surface area contributed by atoms with E-state index in [1.165, 1.54) is 47.9 Å². The molecular formula is C76H110O14. The molecule has 0 spiro atoms. The Bertz CT molecular complexity index is 2690. The molecule has 0 aliphatic carbocycles. The maximum absolute atomic E-state index is 6.33. The minimum Gasteiger partial charge on any atom is -0.490 e. The Kier molecular flexibility index (Phi) is 39.7. The summed E-state index contributed by atoms with van der Waals surface area (Å²) in [5.41, 5.74) is 11.6. The van der Waals surface area contributed by atoms with Crippen molar-refractivity contribution in [2.75, 3.05) is 109 Å². The van der Waals surface area contributed by atoms with Gasteiger partial charge in [-0.3, -0.25) is 0 Å². The van der Waals surface area contributed by atoms with Gasteiger partial charge in [0.1, 0.15) is 74.1 Å². The highest BCUT2D eigenvalue weighted by Crippen LogP contribution is 2.32. The molecule has 0 aliphatic rings. The lowest BCUT2D eigenvalue weighted by Crippen LogP contribution is -2.13. The van der Waals surface area contributed by atoms with E-state index in [9.17, 15) is 0 Å². The Morgan fingerprint density at radius 2 is 0.611 bits per heavy atom. The van der Waals surface area contributed by atoms with E-state index in [4.69, 9.17) is 66.3 Å². The maximum atomic E-state index is 6.33. The fourth-order valence-electron chi connectivity index (χ4n) is 9.72. The first-order valence-corrected chi connectivity index (χ1v) is 32.5. The van der Waals surface area contributed by atoms with Gasteiger partial charge in [-0.05, 0) is 156 Å². The Morgan fingerprint density at radius 3 is 0.944 bits per heavy atom. The van der Waals surface area contributed by atoms with E-state index >= 15 is 0 Å². The molecule has 0 heterocycles. The molecular weight excluding hydrogens is 1140 g/mol. The van der Waals surface area contributed by atoms with Crippen LogP contribution in [0, 0.1) is 0 Å². The van der Waals surface area contributed by atoms with E-state index in [1.807, 2.05) is 60.7 Å². The maximum Gasteiger partial charge on any atom is 0.130 e. The monoisotopic (exact) mass is 1250 g/mol. The molecule has 0 bridgehead atoms. The van der Waals surface area contributed by atoms with E-state index in [0.29, 0.717) is 123 Å². The van der Waals surface area contributed by atoms with Crippen molar-refractivity contribution in [1.82, 2.24) is 0 Å². The zero-order chi connectivity index (χ0) is 65.0. The molecule has 0 N–H and O–H groups in total. The first-order valence-electron chi connectivity index (χ1n) is 32.5. The zero-order valence-electron chi connectivity index (χ0n) is 57.0. The van der Waals surface area contributed by atoms with Crippen molar-refractivity contribution in [1.29, 1.82) is 0 Å². The summed E-state index contributed by atoms with van der Waals surface area (Å²) >= 11 is 0. The smallest absolute Gasteiger partial charge is 0.130 e. The van der Waals surface area contributed by atoms with Crippen LogP contribution in [0.2, 0.25) is 0 Å². The fraction of sp³-hybridized carbons (Fsp3) is 0.526. The highest BCUT2D eigenvalue weighted by Gasteiger charge is 2.17. The van der Waals surface area contributed by atoms with Crippen molar-refractivity contribution in [2.24, 2.45) is 0 Å². The van der Waals surface area contributed by atoms with Gasteiger partial charge in [0.25, 0.3) is 0 Å². The zero-order valence-corrected chi connectivity index (χ0v) is 57.0. The van der Waals surface area contributed by atoms with Crippen LogP contribution < -0.4 is 28.4 Å². The van der Waals surface area contributed by atoms with Crippen LogP contribution in [0.25, 0.3) is 0 Å². The molecule has 3 unspecified atom stereocenters. The first-order chi connectivity index (χ1) is 44.0. The molecule has 498 valence electrons. The van der Waals surface area contributed by atoms with Gasteiger partial charge in [0.2, 0.25) is 0 Å². The van der Waals surface area contributed by atoms with Gasteiger partial charge in [-0.1, -0.05) is 116 Å². The van der Waals surface area contributed by atoms with Crippen LogP contribution in [-0.4, -0.2) is 109 Å². The largest absolute Gasteiger partial charge is 0.490 e. The summed E-state index contributed by atoms with van der Waals surface area (Å²) in [6.45, 7) is 23.6. The lowest BCUT2D eigenvalue weighted by Gasteiger charge is -2.19. The number of unbranched alkanes of at least 4 members (excludes halogenated alkanes) is 3. The molecule has 6 aromatic carbocycles. The van der Waals surface area contributed by atoms with E-state index in [2.05, 4.69) is 109 Å². The molecule has 0 aromatic heterocycles. The van der Waals surface area contributed by atoms with Crippen molar-refractivity contribution >= 4 is 0 Å². The minimum absolute atomic E-state index is 0.430. The van der Waals surface area contributed by atoms with E-state index < -0.39 is 0 Å². The quantitative estimate of drug-likeness (QED) is 0.0336. The number of aryl methyl sites for hydroxylation is 1. The molecule has 0 saturated heterocycles. The molecule has 0 radical (unpaired) electrons. The van der Waals surface area contributed by atoms with Gasteiger partial charge in [0.15, 0.2) is 0 Å². The van der Waals surface area contributed by atoms with Crippen LogP contribution in [0.5, 0.6) is 34.5 Å². The van der Waals surface area contributed by atoms with Crippen molar-refractivity contribution in [3.8, 4) is 34.5 Å². The van der Waals surface area contributed by atoms with Gasteiger partial charge in [0, 0.05) is 64.9 Å². The summed E-state index contributed by atoms with van der Waals surface area (Å²) in [5.74, 6) is 6.77. The van der Waals surface area contributed by atoms with E-state index in [-0.39, 0.29) is 0 Å². The molecule has 14 nitrogen and oxygen atoms in total. The van der Waals surface area contributed by atoms with Gasteiger partial charge in [-0.15, -0.1) is 0 Å². The van der Waals surface area contributed by atoms with Gasteiger partial charge in [0.05, 0.1) is 66.1 Å². The van der Waals surface area contributed by atoms with Crippen LogP contribution in [0.1, 0.15) is 167 Å². The first kappa shape index (κ1) is 76.3. The summed E-state index contributed by atoms with van der Waals surface area (Å²) in [4.78, 5) is 0. The Labute approximate surface area is 541 Å². The average molecular weight is 1250 g/mol. The Balaban J connectivity index is 0.000000298. The summed E-state index contributed by atoms with van der Waals surface area (Å²) in [5, 5.41) is 0. The molecule has 0 amide bonds. The second-order valence-electron chi connectivity index (χ2n) is 22.5. The third-order valence-corrected chi connectivity index (χ3v) is 15.5. The third kappa shape index (κ3) is 29.4. The van der Waals surface area contributed by atoms with Gasteiger partial charge in [-0.2, -0.15) is 0 Å². The number of methoxy groups -OCH3 is 6. The second kappa shape index (κ2) is 46.8. The number of rotatable bonds is 44. The predicted molar refractivity (Wildman–Crippen MR) is 362 cm³/mol. The van der Waals surface area contributed by atoms with Crippen molar-refractivity contribution in [2.45, 2.75) is 157 Å². The molecule has 0 aliphatic heterocycles. The lowest BCUT2D eigenvalue weighted by molar-refractivity contribution is 0.0566. The molecule has 6 aromatic rings. The van der Waals surface area contributed by atoms with E-state index in [0.717, 1.165) is 93.6 Å². The standard InChI is InChI=1S/C32H50O6.C24H34O5.C20H26O3/c1-6-8-9-10-11-27-22-29(24-35-18-16-33-4)32(30(23-27)25-36-19-17-34-5)38-21-20-37-31-14-12-28(13-15-31)26(3)7-2;1-6-18(2)20-7-9-23(10-8-20)28-11-12-29-24-21(16-26-4)13-19(15-25-3)14-22(24)17-27-5;1-4-16(2)18-7-11-20(12-8-18)23-14-13-22-19-9-5-17(6-10-19)15-21-3/h12-15,22-23,26H,6-11,16-21,24-25H2,1-5H3;7-10,13-14,18H,6,11-12,15-17H2,1-5H3;5-12,16H,4,13-15H2,1-3H3. The average Bonchev–Trinajstić information content (AvgIpc) is 2.95. The third-order valence-electron chi connectivity index (χ3n) is 15.5. The highest BCUT2D eigenvalue weighted by atomic mass is 16.5. The van der Waals surface area contributed by atoms with Gasteiger partial charge < -0.3 is 66.3 Å². The number of hydrogen-bond acceptors (Lipinski definition) is 14. The fourth-order valence-corrected chi connectivity index (χ4v) is 9.72. The molecule has 6 rings (SSSR count). The van der Waals surface area contributed by atoms with Crippen LogP contribution in [0.4, 0.5) is 0 Å². The molecule has 90 heavy (non-hydrogen) atoms. The number of ether oxygens (including phenoxy) is 14. The molecule has 0 saturated carbocycles. The minimum atomic E-state index is 0.430. The molecule has 0 fully saturated rings. The summed E-state index contributed by atoms with van der Waals surface area (Å²) in [6, 6.07) is 41.5. The van der Waals surface area contributed by atoms with Crippen molar-refractivity contribution < 1.29 is 66.3 Å². The van der Waals surface area contributed by atoms with Crippen LogP contribution in [0.15, 0.2) is 121 Å². The lowest BCUT2D eigenvalue weighted by atomic mass is 9.99. The highest BCUT2D eigenvalue weighted by molar-refractivity contribution is 5.46. The van der Waals surface area contributed by atoms with Gasteiger partial charge in [-0.25, -0.2) is 0 Å². The molecule has 14 heteroatoms. The normalized spacial score (nSPS) is 12.0. The van der Waals surface area contributed by atoms with Crippen LogP contribution in [-0.2, 0) is 84.0 Å². The topological polar surface area (TPSA) is 129 Å². The van der Waals surface area contributed by atoms with Crippen LogP contribution in [0.3, 0.4) is 0 Å². The van der Waals surface area contributed by atoms with Crippen molar-refractivity contribution in [3.63, 3.8) is 0 Å². The summed E-state index contributed by atoms with van der Waals surface area (Å²) in [7, 11) is 10.1. The number of benzene rings is 6. The Hall–Kier alpha value is -6.20. The van der Waals surface area contributed by atoms with Gasteiger partial charge >= 0.3 is 0 Å².